The number of halogens is 1. The summed E-state index contributed by atoms with van der Waals surface area (Å²) in [5.41, 5.74) is 3.64. The third-order valence-electron chi connectivity index (χ3n) is 5.99. The number of carbonyl (C=O) groups is 1. The van der Waals surface area contributed by atoms with Crippen LogP contribution in [0.1, 0.15) is 29.8 Å². The molecule has 0 N–H and O–H groups in total. The Kier molecular flexibility index (Phi) is 6.92. The molecule has 3 heterocycles. The van der Waals surface area contributed by atoms with Gasteiger partial charge in [-0.1, -0.05) is 17.7 Å². The second-order valence-electron chi connectivity index (χ2n) is 8.24. The molecule has 0 unspecified atom stereocenters. The van der Waals surface area contributed by atoms with E-state index in [1.807, 2.05) is 50.3 Å². The Morgan fingerprint density at radius 1 is 1.24 bits per heavy atom. The van der Waals surface area contributed by atoms with E-state index in [1.54, 1.807) is 11.0 Å². The molecule has 0 saturated carbocycles. The van der Waals surface area contributed by atoms with Crippen LogP contribution in [-0.4, -0.2) is 33.0 Å². The molecule has 1 aliphatic rings. The second-order valence-corrected chi connectivity index (χ2v) is 9.71. The third kappa shape index (κ3) is 4.39. The monoisotopic (exact) mass is 492 g/mol. The molecule has 2 aromatic heterocycles. The fraction of sp³-hybridized carbons (Fsp3) is 0.269. The van der Waals surface area contributed by atoms with Crippen LogP contribution in [0, 0.1) is 25.2 Å². The lowest BCUT2D eigenvalue weighted by molar-refractivity contribution is -0.123. The number of hydrogen-bond donors (Lipinski definition) is 0. The van der Waals surface area contributed by atoms with Crippen molar-refractivity contribution in [2.45, 2.75) is 33.2 Å². The van der Waals surface area contributed by atoms with E-state index in [1.165, 1.54) is 15.9 Å². The van der Waals surface area contributed by atoms with Gasteiger partial charge in [-0.05, 0) is 68.7 Å². The first-order valence-corrected chi connectivity index (χ1v) is 12.3. The smallest absolute Gasteiger partial charge is 0.269 e. The van der Waals surface area contributed by atoms with E-state index in [-0.39, 0.29) is 23.6 Å². The molecule has 0 atom stereocenters. The number of rotatable bonds is 5. The molecule has 4 rings (SSSR count). The average molecular weight is 493 g/mol. The highest BCUT2D eigenvalue weighted by Gasteiger charge is 2.24. The van der Waals surface area contributed by atoms with Gasteiger partial charge >= 0.3 is 0 Å². The molecule has 1 aliphatic heterocycles. The first kappa shape index (κ1) is 23.8. The van der Waals surface area contributed by atoms with Gasteiger partial charge in [-0.15, -0.1) is 17.9 Å². The van der Waals surface area contributed by atoms with Crippen molar-refractivity contribution in [1.29, 1.82) is 5.26 Å². The van der Waals surface area contributed by atoms with Gasteiger partial charge in [-0.3, -0.25) is 14.2 Å². The number of nitriles is 1. The number of nitrogens with zero attached hydrogens (tertiary/aromatic N) is 4. The van der Waals surface area contributed by atoms with E-state index in [2.05, 4.69) is 17.2 Å². The molecule has 34 heavy (non-hydrogen) atoms. The highest BCUT2D eigenvalue weighted by atomic mass is 35.5. The highest BCUT2D eigenvalue weighted by Crippen LogP contribution is 2.22. The van der Waals surface area contributed by atoms with Crippen molar-refractivity contribution in [3.63, 3.8) is 0 Å². The summed E-state index contributed by atoms with van der Waals surface area (Å²) < 4.78 is 4.41. The summed E-state index contributed by atoms with van der Waals surface area (Å²) in [7, 11) is 0. The molecular weight excluding hydrogens is 468 g/mol. The molecule has 1 fully saturated rings. The molecule has 3 aromatic rings. The van der Waals surface area contributed by atoms with E-state index >= 15 is 0 Å². The Labute approximate surface area is 206 Å². The first-order chi connectivity index (χ1) is 16.3. The summed E-state index contributed by atoms with van der Waals surface area (Å²) in [5, 5.41) is 10.5. The predicted octanol–water partition coefficient (Wildman–Crippen LogP) is 3.28. The zero-order chi connectivity index (χ0) is 24.4. The van der Waals surface area contributed by atoms with Gasteiger partial charge < -0.3 is 9.47 Å². The van der Waals surface area contributed by atoms with Gasteiger partial charge in [0.05, 0.1) is 4.53 Å². The topological polar surface area (TPSA) is 71.0 Å². The van der Waals surface area contributed by atoms with Crippen LogP contribution in [0.5, 0.6) is 0 Å². The Hall–Kier alpha value is -3.34. The lowest BCUT2D eigenvalue weighted by Gasteiger charge is -2.13. The molecule has 174 valence electrons. The van der Waals surface area contributed by atoms with Crippen molar-refractivity contribution < 1.29 is 4.79 Å². The molecule has 0 aliphatic carbocycles. The van der Waals surface area contributed by atoms with Crippen LogP contribution in [-0.2, 0) is 11.3 Å². The standard InChI is InChI=1S/C26H25ClN4O2S/c1-4-11-30-25(33)23(34-26(30)22(16-28)24(32)29-12-5-6-13-29)15-19-14-17(2)31(18(19)3)21-9-7-20(27)8-10-21/h4,7-10,14-15H,1,5-6,11-13H2,2-3H3/b23-15-,26-22-. The summed E-state index contributed by atoms with van der Waals surface area (Å²) in [6.07, 6.45) is 5.29. The van der Waals surface area contributed by atoms with Gasteiger partial charge in [0.1, 0.15) is 10.7 Å². The maximum Gasteiger partial charge on any atom is 0.269 e. The number of hydrogen-bond acceptors (Lipinski definition) is 4. The highest BCUT2D eigenvalue weighted by molar-refractivity contribution is 7.07. The van der Waals surface area contributed by atoms with Crippen molar-refractivity contribution in [3.8, 4) is 11.8 Å². The second kappa shape index (κ2) is 9.88. The lowest BCUT2D eigenvalue weighted by atomic mass is 10.2. The molecule has 1 saturated heterocycles. The maximum absolute atomic E-state index is 13.3. The predicted molar refractivity (Wildman–Crippen MR) is 137 cm³/mol. The minimum Gasteiger partial charge on any atom is -0.338 e. The van der Waals surface area contributed by atoms with Crippen molar-refractivity contribution in [2.75, 3.05) is 13.1 Å². The van der Waals surface area contributed by atoms with Crippen LogP contribution in [0.2, 0.25) is 5.02 Å². The number of amides is 1. The molecule has 0 spiro atoms. The van der Waals surface area contributed by atoms with Gasteiger partial charge in [0.15, 0.2) is 5.57 Å². The number of likely N-dealkylation sites (tertiary alicyclic amines) is 1. The SMILES string of the molecule is C=CCn1c(=O)/c(=C/c2cc(C)n(-c3ccc(Cl)cc3)c2C)s/c1=C(/C#N)C(=O)N1CCCC1. The summed E-state index contributed by atoms with van der Waals surface area (Å²) >= 11 is 7.22. The quantitative estimate of drug-likeness (QED) is 0.513. The Morgan fingerprint density at radius 2 is 1.91 bits per heavy atom. The number of thiazole rings is 1. The zero-order valence-corrected chi connectivity index (χ0v) is 20.7. The molecule has 0 radical (unpaired) electrons. The fourth-order valence-electron chi connectivity index (χ4n) is 4.33. The summed E-state index contributed by atoms with van der Waals surface area (Å²) in [5.74, 6) is -0.313. The lowest BCUT2D eigenvalue weighted by Crippen LogP contribution is -2.35. The number of aromatic nitrogens is 2. The van der Waals surface area contributed by atoms with Crippen LogP contribution >= 0.6 is 22.9 Å². The van der Waals surface area contributed by atoms with Gasteiger partial charge in [-0.25, -0.2) is 0 Å². The van der Waals surface area contributed by atoms with Crippen molar-refractivity contribution in [1.82, 2.24) is 14.0 Å². The van der Waals surface area contributed by atoms with Crippen molar-refractivity contribution in [3.05, 3.63) is 84.5 Å². The van der Waals surface area contributed by atoms with Crippen LogP contribution in [0.25, 0.3) is 17.3 Å². The van der Waals surface area contributed by atoms with E-state index in [0.717, 1.165) is 35.5 Å². The third-order valence-corrected chi connectivity index (χ3v) is 7.38. The number of carbonyl (C=O) groups excluding carboxylic acids is 1. The Morgan fingerprint density at radius 3 is 2.53 bits per heavy atom. The first-order valence-electron chi connectivity index (χ1n) is 11.1. The van der Waals surface area contributed by atoms with Gasteiger partial charge in [0, 0.05) is 41.7 Å². The van der Waals surface area contributed by atoms with Crippen molar-refractivity contribution in [2.24, 2.45) is 0 Å². The maximum atomic E-state index is 13.3. The average Bonchev–Trinajstić information content (AvgIpc) is 3.52. The number of allylic oxidation sites excluding steroid dienone is 1. The number of aryl methyl sites for hydroxylation is 1. The minimum absolute atomic E-state index is 0.0112. The van der Waals surface area contributed by atoms with Gasteiger partial charge in [0.25, 0.3) is 11.5 Å². The summed E-state index contributed by atoms with van der Waals surface area (Å²) in [6, 6.07) is 11.7. The largest absolute Gasteiger partial charge is 0.338 e. The molecule has 1 aromatic carbocycles. The van der Waals surface area contributed by atoms with Crippen molar-refractivity contribution >= 4 is 40.5 Å². The molecule has 0 bridgehead atoms. The molecule has 6 nitrogen and oxygen atoms in total. The van der Waals surface area contributed by atoms with Crippen LogP contribution < -0.4 is 14.8 Å². The molecule has 8 heteroatoms. The van der Waals surface area contributed by atoms with E-state index in [9.17, 15) is 14.9 Å². The van der Waals surface area contributed by atoms with Crippen LogP contribution in [0.15, 0.2) is 47.8 Å². The summed E-state index contributed by atoms with van der Waals surface area (Å²) in [4.78, 5) is 28.0. The summed E-state index contributed by atoms with van der Waals surface area (Å²) in [6.45, 7) is 9.24. The Balaban J connectivity index is 1.89. The fourth-order valence-corrected chi connectivity index (χ4v) is 5.55. The zero-order valence-electron chi connectivity index (χ0n) is 19.2. The Bertz CT molecular complexity index is 1480. The van der Waals surface area contributed by atoms with Gasteiger partial charge in [0.2, 0.25) is 0 Å². The normalized spacial score (nSPS) is 14.9. The van der Waals surface area contributed by atoms with Gasteiger partial charge in [-0.2, -0.15) is 5.26 Å². The molecular formula is C26H25ClN4O2S. The van der Waals surface area contributed by atoms with Crippen LogP contribution in [0.3, 0.4) is 0 Å². The van der Waals surface area contributed by atoms with E-state index in [4.69, 9.17) is 11.6 Å². The minimum atomic E-state index is -0.313. The van der Waals surface area contributed by atoms with E-state index in [0.29, 0.717) is 27.3 Å². The van der Waals surface area contributed by atoms with Crippen LogP contribution in [0.4, 0.5) is 0 Å². The van der Waals surface area contributed by atoms with E-state index < -0.39 is 0 Å². The number of benzene rings is 1. The molecule has 1 amide bonds.